The quantitative estimate of drug-likeness (QED) is 0.473. The van der Waals surface area contributed by atoms with Gasteiger partial charge in [0.1, 0.15) is 17.1 Å². The molecule has 0 amide bonds. The molecule has 8 nitrogen and oxygen atoms in total. The van der Waals surface area contributed by atoms with E-state index in [1.165, 1.54) is 6.26 Å². The summed E-state index contributed by atoms with van der Waals surface area (Å²) < 4.78 is 13.1. The number of aromatic nitrogens is 3. The van der Waals surface area contributed by atoms with Crippen molar-refractivity contribution in [2.75, 3.05) is 0 Å². The maximum atomic E-state index is 13.3. The number of ether oxygens (including phenoxy) is 1. The van der Waals surface area contributed by atoms with Gasteiger partial charge in [-0.25, -0.2) is 23.5 Å². The topological polar surface area (TPSA) is 99.2 Å². The van der Waals surface area contributed by atoms with Crippen LogP contribution >= 0.6 is 0 Å². The zero-order valence-corrected chi connectivity index (χ0v) is 16.9. The minimum Gasteiger partial charge on any atom is -0.464 e. The number of nitrogens with one attached hydrogen (secondary N) is 1. The van der Waals surface area contributed by atoms with Crippen LogP contribution in [0.3, 0.4) is 0 Å². The van der Waals surface area contributed by atoms with Gasteiger partial charge in [0, 0.05) is 5.39 Å². The molecule has 5 aromatic rings. The molecule has 0 spiro atoms. The van der Waals surface area contributed by atoms with Gasteiger partial charge in [-0.15, -0.1) is 0 Å². The molecule has 1 N–H and O–H groups in total. The van der Waals surface area contributed by atoms with Crippen LogP contribution in [0.4, 0.5) is 0 Å². The molecular formula is C24H17N3O5. The van der Waals surface area contributed by atoms with Crippen molar-refractivity contribution in [3.05, 3.63) is 116 Å². The second-order valence-electron chi connectivity index (χ2n) is 7.16. The Labute approximate surface area is 180 Å². The average molecular weight is 427 g/mol. The minimum absolute atomic E-state index is 0.308. The first-order chi connectivity index (χ1) is 15.5. The lowest BCUT2D eigenvalue weighted by atomic mass is 10.2. The van der Waals surface area contributed by atoms with E-state index in [0.717, 1.165) is 9.13 Å². The van der Waals surface area contributed by atoms with Crippen LogP contribution in [0, 0.1) is 6.92 Å². The van der Waals surface area contributed by atoms with Gasteiger partial charge in [0.15, 0.2) is 0 Å². The largest absolute Gasteiger partial charge is 0.464 e. The van der Waals surface area contributed by atoms with Crippen molar-refractivity contribution in [1.82, 2.24) is 14.1 Å². The smallest absolute Gasteiger partial charge is 0.345 e. The lowest BCUT2D eigenvalue weighted by Crippen LogP contribution is -2.48. The van der Waals surface area contributed by atoms with Crippen molar-refractivity contribution in [3.8, 4) is 22.9 Å². The van der Waals surface area contributed by atoms with Crippen molar-refractivity contribution in [3.63, 3.8) is 0 Å². The van der Waals surface area contributed by atoms with E-state index in [0.29, 0.717) is 39.4 Å². The standard InChI is InChI=1S/C24H17N3O5/c1-15-14-16(10-11-20(15)32-17-6-3-2-4-7-17)26-22(28)25-23(29)27(24(26)30)19-8-5-9-21-18(19)12-13-31-21/h2-14H,1H3,(H,25,28,29). The van der Waals surface area contributed by atoms with Gasteiger partial charge in [-0.05, 0) is 61.0 Å². The Morgan fingerprint density at radius 1 is 0.844 bits per heavy atom. The van der Waals surface area contributed by atoms with Gasteiger partial charge in [0.25, 0.3) is 0 Å². The van der Waals surface area contributed by atoms with Crippen molar-refractivity contribution < 1.29 is 9.15 Å². The Morgan fingerprint density at radius 3 is 2.41 bits per heavy atom. The summed E-state index contributed by atoms with van der Waals surface area (Å²) in [5.41, 5.74) is -0.586. The van der Waals surface area contributed by atoms with Gasteiger partial charge in [-0.2, -0.15) is 0 Å². The SMILES string of the molecule is Cc1cc(-n2c(=O)[nH]c(=O)n(-c3cccc4occc34)c2=O)ccc1Oc1ccccc1. The molecule has 0 bridgehead atoms. The zero-order valence-electron chi connectivity index (χ0n) is 16.9. The molecular weight excluding hydrogens is 410 g/mol. The molecule has 2 aromatic heterocycles. The van der Waals surface area contributed by atoms with Gasteiger partial charge in [-0.1, -0.05) is 24.3 Å². The summed E-state index contributed by atoms with van der Waals surface area (Å²) in [6.07, 6.45) is 1.47. The highest BCUT2D eigenvalue weighted by atomic mass is 16.5. The minimum atomic E-state index is -0.828. The fourth-order valence-corrected chi connectivity index (χ4v) is 3.59. The second-order valence-corrected chi connectivity index (χ2v) is 7.16. The van der Waals surface area contributed by atoms with Crippen LogP contribution in [0.5, 0.6) is 11.5 Å². The number of fused-ring (bicyclic) bond motifs is 1. The maximum Gasteiger partial charge on any atom is 0.345 e. The van der Waals surface area contributed by atoms with E-state index < -0.39 is 17.1 Å². The highest BCUT2D eigenvalue weighted by molar-refractivity contribution is 5.86. The first kappa shape index (κ1) is 19.4. The molecule has 0 aliphatic carbocycles. The van der Waals surface area contributed by atoms with E-state index in [-0.39, 0.29) is 0 Å². The molecule has 0 aliphatic heterocycles. The zero-order chi connectivity index (χ0) is 22.2. The molecule has 0 aliphatic rings. The van der Waals surface area contributed by atoms with Gasteiger partial charge in [-0.3, -0.25) is 4.98 Å². The molecule has 3 aromatic carbocycles. The Hall–Kier alpha value is -4.59. The van der Waals surface area contributed by atoms with Crippen LogP contribution < -0.4 is 21.8 Å². The first-order valence-electron chi connectivity index (χ1n) is 9.82. The molecule has 0 fully saturated rings. The number of benzene rings is 3. The summed E-state index contributed by atoms with van der Waals surface area (Å²) >= 11 is 0. The normalized spacial score (nSPS) is 11.0. The molecule has 0 atom stereocenters. The van der Waals surface area contributed by atoms with Crippen LogP contribution in [0.25, 0.3) is 22.3 Å². The molecule has 0 saturated heterocycles. The lowest BCUT2D eigenvalue weighted by molar-refractivity contribution is 0.478. The molecule has 0 radical (unpaired) electrons. The number of rotatable bonds is 4. The predicted octanol–water partition coefficient (Wildman–Crippen LogP) is 3.52. The number of aromatic amines is 1. The van der Waals surface area contributed by atoms with Crippen LogP contribution in [-0.2, 0) is 0 Å². The van der Waals surface area contributed by atoms with E-state index in [4.69, 9.17) is 9.15 Å². The fourth-order valence-electron chi connectivity index (χ4n) is 3.59. The molecule has 2 heterocycles. The second kappa shape index (κ2) is 7.59. The van der Waals surface area contributed by atoms with E-state index >= 15 is 0 Å². The van der Waals surface area contributed by atoms with Gasteiger partial charge in [0.2, 0.25) is 0 Å². The summed E-state index contributed by atoms with van der Waals surface area (Å²) in [4.78, 5) is 40.7. The van der Waals surface area contributed by atoms with Crippen LogP contribution in [0.2, 0.25) is 0 Å². The average Bonchev–Trinajstić information content (AvgIpc) is 3.26. The third-order valence-electron chi connectivity index (χ3n) is 5.10. The van der Waals surface area contributed by atoms with Crippen molar-refractivity contribution in [1.29, 1.82) is 0 Å². The Balaban J connectivity index is 1.65. The number of hydrogen-bond donors (Lipinski definition) is 1. The molecule has 8 heteroatoms. The summed E-state index contributed by atoms with van der Waals surface area (Å²) in [6, 6.07) is 20.9. The number of furan rings is 1. The maximum absolute atomic E-state index is 13.3. The summed E-state index contributed by atoms with van der Waals surface area (Å²) in [5.74, 6) is 1.25. The Kier molecular flexibility index (Phi) is 4.59. The first-order valence-corrected chi connectivity index (χ1v) is 9.82. The third-order valence-corrected chi connectivity index (χ3v) is 5.10. The highest BCUT2D eigenvalue weighted by Gasteiger charge is 2.16. The lowest BCUT2D eigenvalue weighted by Gasteiger charge is -2.12. The van der Waals surface area contributed by atoms with E-state index in [9.17, 15) is 14.4 Å². The third kappa shape index (κ3) is 3.24. The fraction of sp³-hybridized carbons (Fsp3) is 0.0417. The monoisotopic (exact) mass is 427 g/mol. The van der Waals surface area contributed by atoms with Gasteiger partial charge < -0.3 is 9.15 Å². The Bertz CT molecular complexity index is 1620. The van der Waals surface area contributed by atoms with Crippen molar-refractivity contribution >= 4 is 11.0 Å². The van der Waals surface area contributed by atoms with Crippen LogP contribution in [-0.4, -0.2) is 14.1 Å². The number of para-hydroxylation sites is 1. The van der Waals surface area contributed by atoms with E-state index in [1.54, 1.807) is 42.5 Å². The van der Waals surface area contributed by atoms with Crippen LogP contribution in [0.1, 0.15) is 5.56 Å². The number of H-pyrrole nitrogens is 1. The molecule has 32 heavy (non-hydrogen) atoms. The molecule has 0 saturated carbocycles. The van der Waals surface area contributed by atoms with E-state index in [1.807, 2.05) is 37.3 Å². The highest BCUT2D eigenvalue weighted by Crippen LogP contribution is 2.26. The number of hydrogen-bond acceptors (Lipinski definition) is 5. The number of nitrogens with zero attached hydrogens (tertiary/aromatic N) is 2. The molecule has 5 rings (SSSR count). The van der Waals surface area contributed by atoms with Crippen molar-refractivity contribution in [2.45, 2.75) is 6.92 Å². The van der Waals surface area contributed by atoms with Crippen molar-refractivity contribution in [2.24, 2.45) is 0 Å². The summed E-state index contributed by atoms with van der Waals surface area (Å²) in [7, 11) is 0. The summed E-state index contributed by atoms with van der Waals surface area (Å²) in [5, 5.41) is 0.577. The predicted molar refractivity (Wildman–Crippen MR) is 119 cm³/mol. The van der Waals surface area contributed by atoms with Gasteiger partial charge in [0.05, 0.1) is 17.6 Å². The molecule has 158 valence electrons. The van der Waals surface area contributed by atoms with Crippen LogP contribution in [0.15, 0.2) is 97.9 Å². The summed E-state index contributed by atoms with van der Waals surface area (Å²) in [6.45, 7) is 1.81. The van der Waals surface area contributed by atoms with Gasteiger partial charge >= 0.3 is 17.1 Å². The number of aryl methyl sites for hydroxylation is 1. The molecule has 0 unspecified atom stereocenters. The van der Waals surface area contributed by atoms with E-state index in [2.05, 4.69) is 4.98 Å². The Morgan fingerprint density at radius 2 is 1.62 bits per heavy atom.